The van der Waals surface area contributed by atoms with Gasteiger partial charge in [0.2, 0.25) is 0 Å². The molecule has 0 atom stereocenters. The second-order valence-electron chi connectivity index (χ2n) is 2.79. The predicted molar refractivity (Wildman–Crippen MR) is 49.5 cm³/mol. The Balaban J connectivity index is 2.10. The van der Waals surface area contributed by atoms with Crippen molar-refractivity contribution >= 4 is 0 Å². The van der Waals surface area contributed by atoms with Crippen molar-refractivity contribution < 1.29 is 9.47 Å². The second kappa shape index (κ2) is 5.72. The van der Waals surface area contributed by atoms with E-state index in [0.717, 1.165) is 12.1 Å². The first-order valence-corrected chi connectivity index (χ1v) is 4.49. The van der Waals surface area contributed by atoms with Crippen molar-refractivity contribution in [3.63, 3.8) is 0 Å². The van der Waals surface area contributed by atoms with E-state index in [1.807, 2.05) is 20.0 Å². The molecule has 1 heterocycles. The predicted octanol–water partition coefficient (Wildman–Crippen LogP) is 1.27. The van der Waals surface area contributed by atoms with Gasteiger partial charge < -0.3 is 9.47 Å². The molecular formula is C9H16N2O2. The molecule has 0 spiro atoms. The molecule has 74 valence electrons. The first-order chi connectivity index (χ1) is 6.34. The molecule has 0 bridgehead atoms. The van der Waals surface area contributed by atoms with Crippen molar-refractivity contribution in [2.45, 2.75) is 20.3 Å². The molecule has 4 heteroatoms. The number of aryl methyl sites for hydroxylation is 1. The molecule has 0 aliphatic rings. The molecule has 13 heavy (non-hydrogen) atoms. The highest BCUT2D eigenvalue weighted by atomic mass is 16.7. The lowest BCUT2D eigenvalue weighted by Crippen LogP contribution is -2.03. The first kappa shape index (κ1) is 10.2. The molecule has 0 fully saturated rings. The summed E-state index contributed by atoms with van der Waals surface area (Å²) in [7, 11) is 0. The zero-order valence-electron chi connectivity index (χ0n) is 8.17. The van der Waals surface area contributed by atoms with Gasteiger partial charge in [0.05, 0.1) is 12.8 Å². The average Bonchev–Trinajstić information content (AvgIpc) is 2.52. The molecule has 0 unspecified atom stereocenters. The van der Waals surface area contributed by atoms with Crippen LogP contribution < -0.4 is 0 Å². The Bertz CT molecular complexity index is 235. The number of hydrogen-bond donors (Lipinski definition) is 1. The van der Waals surface area contributed by atoms with Crippen LogP contribution in [0.25, 0.3) is 0 Å². The van der Waals surface area contributed by atoms with E-state index < -0.39 is 0 Å². The Morgan fingerprint density at radius 1 is 1.46 bits per heavy atom. The summed E-state index contributed by atoms with van der Waals surface area (Å²) in [6.07, 6.45) is 2.72. The number of nitrogens with one attached hydrogen (secondary N) is 1. The van der Waals surface area contributed by atoms with E-state index >= 15 is 0 Å². The minimum Gasteiger partial charge on any atom is -0.356 e. The Morgan fingerprint density at radius 3 is 2.92 bits per heavy atom. The molecular weight excluding hydrogens is 168 g/mol. The van der Waals surface area contributed by atoms with Crippen LogP contribution in [0.1, 0.15) is 18.2 Å². The summed E-state index contributed by atoms with van der Waals surface area (Å²) < 4.78 is 10.3. The highest BCUT2D eigenvalue weighted by molar-refractivity contribution is 5.14. The topological polar surface area (TPSA) is 47.1 Å². The van der Waals surface area contributed by atoms with Crippen molar-refractivity contribution in [2.24, 2.45) is 0 Å². The van der Waals surface area contributed by atoms with Gasteiger partial charge in [0.25, 0.3) is 0 Å². The monoisotopic (exact) mass is 184 g/mol. The molecule has 1 N–H and O–H groups in total. The molecule has 4 nitrogen and oxygen atoms in total. The molecule has 1 aromatic rings. The van der Waals surface area contributed by atoms with Gasteiger partial charge in [-0.05, 0) is 25.8 Å². The third-order valence-corrected chi connectivity index (χ3v) is 1.82. The lowest BCUT2D eigenvalue weighted by atomic mass is 10.2. The van der Waals surface area contributed by atoms with Crippen LogP contribution >= 0.6 is 0 Å². The van der Waals surface area contributed by atoms with Crippen LogP contribution in [0.3, 0.4) is 0 Å². The van der Waals surface area contributed by atoms with Gasteiger partial charge in [-0.2, -0.15) is 5.10 Å². The first-order valence-electron chi connectivity index (χ1n) is 4.49. The number of hydrogen-bond acceptors (Lipinski definition) is 3. The largest absolute Gasteiger partial charge is 0.356 e. The number of aromatic amines is 1. The van der Waals surface area contributed by atoms with Gasteiger partial charge in [0, 0.05) is 12.3 Å². The summed E-state index contributed by atoms with van der Waals surface area (Å²) in [4.78, 5) is 0. The fraction of sp³-hybridized carbons (Fsp3) is 0.667. The van der Waals surface area contributed by atoms with E-state index in [0.29, 0.717) is 20.0 Å². The third kappa shape index (κ3) is 3.57. The highest BCUT2D eigenvalue weighted by Gasteiger charge is 1.98. The molecule has 0 saturated carbocycles. The molecule has 0 amide bonds. The Morgan fingerprint density at radius 2 is 2.31 bits per heavy atom. The van der Waals surface area contributed by atoms with Gasteiger partial charge in [-0.15, -0.1) is 0 Å². The molecule has 0 aliphatic carbocycles. The van der Waals surface area contributed by atoms with Crippen molar-refractivity contribution in [1.82, 2.24) is 10.2 Å². The maximum Gasteiger partial charge on any atom is 0.146 e. The van der Waals surface area contributed by atoms with Crippen LogP contribution in [0.15, 0.2) is 6.20 Å². The van der Waals surface area contributed by atoms with Crippen molar-refractivity contribution in [1.29, 1.82) is 0 Å². The molecule has 0 radical (unpaired) electrons. The van der Waals surface area contributed by atoms with Crippen LogP contribution in [0.4, 0.5) is 0 Å². The molecule has 0 aliphatic heterocycles. The maximum absolute atomic E-state index is 5.24. The number of ether oxygens (including phenoxy) is 2. The lowest BCUT2D eigenvalue weighted by Gasteiger charge is -2.02. The number of rotatable bonds is 6. The van der Waals surface area contributed by atoms with Crippen LogP contribution in [0, 0.1) is 6.92 Å². The van der Waals surface area contributed by atoms with Gasteiger partial charge in [-0.3, -0.25) is 5.10 Å². The fourth-order valence-electron chi connectivity index (χ4n) is 1.01. The number of aromatic nitrogens is 2. The van der Waals surface area contributed by atoms with Crippen molar-refractivity contribution in [2.75, 3.05) is 20.0 Å². The second-order valence-corrected chi connectivity index (χ2v) is 2.79. The van der Waals surface area contributed by atoms with Crippen LogP contribution in [0.5, 0.6) is 0 Å². The van der Waals surface area contributed by atoms with E-state index in [1.165, 1.54) is 5.56 Å². The van der Waals surface area contributed by atoms with Crippen molar-refractivity contribution in [3.05, 3.63) is 17.5 Å². The summed E-state index contributed by atoms with van der Waals surface area (Å²) in [6.45, 7) is 5.72. The van der Waals surface area contributed by atoms with Crippen LogP contribution in [-0.2, 0) is 15.9 Å². The summed E-state index contributed by atoms with van der Waals surface area (Å²) in [6, 6.07) is 0. The quantitative estimate of drug-likeness (QED) is 0.535. The average molecular weight is 184 g/mol. The van der Waals surface area contributed by atoms with E-state index in [1.54, 1.807) is 0 Å². The standard InChI is InChI=1S/C9H16N2O2/c1-3-12-7-13-5-4-9-6-10-11-8(9)2/h6H,3-5,7H2,1-2H3,(H,10,11). The third-order valence-electron chi connectivity index (χ3n) is 1.82. The van der Waals surface area contributed by atoms with Crippen LogP contribution in [0.2, 0.25) is 0 Å². The number of nitrogens with zero attached hydrogens (tertiary/aromatic N) is 1. The zero-order valence-corrected chi connectivity index (χ0v) is 8.17. The van der Waals surface area contributed by atoms with Gasteiger partial charge in [0.1, 0.15) is 6.79 Å². The minimum absolute atomic E-state index is 0.382. The van der Waals surface area contributed by atoms with Gasteiger partial charge >= 0.3 is 0 Å². The summed E-state index contributed by atoms with van der Waals surface area (Å²) in [5.41, 5.74) is 2.32. The Kier molecular flexibility index (Phi) is 4.49. The van der Waals surface area contributed by atoms with Crippen molar-refractivity contribution in [3.8, 4) is 0 Å². The molecule has 1 rings (SSSR count). The zero-order chi connectivity index (χ0) is 9.52. The van der Waals surface area contributed by atoms with E-state index in [9.17, 15) is 0 Å². The summed E-state index contributed by atoms with van der Waals surface area (Å²) in [5.74, 6) is 0. The highest BCUT2D eigenvalue weighted by Crippen LogP contribution is 2.02. The Labute approximate surface area is 78.2 Å². The van der Waals surface area contributed by atoms with E-state index in [4.69, 9.17) is 9.47 Å². The molecule has 0 saturated heterocycles. The van der Waals surface area contributed by atoms with E-state index in [-0.39, 0.29) is 0 Å². The minimum atomic E-state index is 0.382. The maximum atomic E-state index is 5.24. The SMILES string of the molecule is CCOCOCCc1cn[nH]c1C. The normalized spacial score (nSPS) is 10.6. The lowest BCUT2D eigenvalue weighted by molar-refractivity contribution is -0.0481. The van der Waals surface area contributed by atoms with E-state index in [2.05, 4.69) is 10.2 Å². The number of H-pyrrole nitrogens is 1. The molecule has 0 aromatic carbocycles. The van der Waals surface area contributed by atoms with Gasteiger partial charge in [0.15, 0.2) is 0 Å². The summed E-state index contributed by atoms with van der Waals surface area (Å²) in [5, 5.41) is 6.81. The summed E-state index contributed by atoms with van der Waals surface area (Å²) >= 11 is 0. The Hall–Kier alpha value is -0.870. The fourth-order valence-corrected chi connectivity index (χ4v) is 1.01. The van der Waals surface area contributed by atoms with Crippen LogP contribution in [-0.4, -0.2) is 30.2 Å². The van der Waals surface area contributed by atoms with Gasteiger partial charge in [-0.1, -0.05) is 0 Å². The molecule has 1 aromatic heterocycles. The smallest absolute Gasteiger partial charge is 0.146 e. The van der Waals surface area contributed by atoms with Gasteiger partial charge in [-0.25, -0.2) is 0 Å².